The number of benzene rings is 2. The molecular weight excluding hydrogens is 335 g/mol. The van der Waals surface area contributed by atoms with Gasteiger partial charge in [-0.25, -0.2) is 9.07 Å². The maximum absolute atomic E-state index is 13.8. The Morgan fingerprint density at radius 2 is 2.08 bits per heavy atom. The number of carbonyl (C=O) groups excluding carboxylic acids is 1. The van der Waals surface area contributed by atoms with Crippen LogP contribution in [-0.2, 0) is 0 Å². The monoisotopic (exact) mass is 346 g/mol. The number of halogens is 2. The Morgan fingerprint density at radius 1 is 1.29 bits per heavy atom. The van der Waals surface area contributed by atoms with Gasteiger partial charge in [0.1, 0.15) is 17.3 Å². The van der Waals surface area contributed by atoms with Crippen LogP contribution < -0.4 is 5.32 Å². The fourth-order valence-corrected chi connectivity index (χ4v) is 2.25. The molecule has 0 unspecified atom stereocenters. The molecule has 0 atom stereocenters. The normalized spacial score (nSPS) is 10.6. The number of rotatable bonds is 3. The molecule has 1 amide bonds. The lowest BCUT2D eigenvalue weighted by molar-refractivity contribution is 0.102. The summed E-state index contributed by atoms with van der Waals surface area (Å²) in [7, 11) is 0. The third-order valence-corrected chi connectivity index (χ3v) is 3.59. The van der Waals surface area contributed by atoms with E-state index in [1.54, 1.807) is 18.2 Å². The fraction of sp³-hybridized carbons (Fsp3) is 0.0625. The van der Waals surface area contributed by atoms with Gasteiger partial charge in [0.15, 0.2) is 5.69 Å². The van der Waals surface area contributed by atoms with Crippen LogP contribution in [0.2, 0.25) is 5.02 Å². The van der Waals surface area contributed by atoms with Gasteiger partial charge < -0.3 is 10.4 Å². The van der Waals surface area contributed by atoms with Crippen molar-refractivity contribution in [1.82, 2.24) is 15.0 Å². The smallest absolute Gasteiger partial charge is 0.277 e. The van der Waals surface area contributed by atoms with Gasteiger partial charge in [-0.05, 0) is 36.8 Å². The zero-order valence-corrected chi connectivity index (χ0v) is 13.3. The molecule has 8 heteroatoms. The third-order valence-electron chi connectivity index (χ3n) is 3.35. The summed E-state index contributed by atoms with van der Waals surface area (Å²) in [5, 5.41) is 20.1. The molecule has 6 nitrogen and oxygen atoms in total. The average molecular weight is 347 g/mol. The topological polar surface area (TPSA) is 80.0 Å². The Hall–Kier alpha value is -2.93. The van der Waals surface area contributed by atoms with Crippen LogP contribution in [0.1, 0.15) is 16.1 Å². The van der Waals surface area contributed by atoms with Crippen LogP contribution in [0, 0.1) is 12.7 Å². The van der Waals surface area contributed by atoms with Crippen LogP contribution in [-0.4, -0.2) is 26.0 Å². The van der Waals surface area contributed by atoms with E-state index < -0.39 is 11.7 Å². The lowest BCUT2D eigenvalue weighted by Crippen LogP contribution is -2.13. The summed E-state index contributed by atoms with van der Waals surface area (Å²) >= 11 is 5.91. The Balaban J connectivity index is 1.86. The van der Waals surface area contributed by atoms with E-state index in [9.17, 15) is 14.3 Å². The van der Waals surface area contributed by atoms with Crippen molar-refractivity contribution in [3.63, 3.8) is 0 Å². The second kappa shape index (κ2) is 6.29. The van der Waals surface area contributed by atoms with Gasteiger partial charge >= 0.3 is 0 Å². The lowest BCUT2D eigenvalue weighted by atomic mass is 10.2. The van der Waals surface area contributed by atoms with E-state index >= 15 is 0 Å². The molecule has 2 N–H and O–H groups in total. The van der Waals surface area contributed by atoms with Gasteiger partial charge in [-0.15, -0.1) is 5.10 Å². The van der Waals surface area contributed by atoms with Crippen LogP contribution in [0.15, 0.2) is 42.6 Å². The van der Waals surface area contributed by atoms with E-state index in [0.717, 1.165) is 16.3 Å². The molecule has 1 heterocycles. The number of nitrogens with one attached hydrogen (secondary N) is 1. The minimum Gasteiger partial charge on any atom is -0.508 e. The van der Waals surface area contributed by atoms with Crippen LogP contribution in [0.25, 0.3) is 5.69 Å². The minimum absolute atomic E-state index is 0.00267. The van der Waals surface area contributed by atoms with Gasteiger partial charge in [0.25, 0.3) is 5.91 Å². The summed E-state index contributed by atoms with van der Waals surface area (Å²) in [6, 6.07) is 8.61. The molecule has 0 radical (unpaired) electrons. The van der Waals surface area contributed by atoms with Crippen molar-refractivity contribution in [1.29, 1.82) is 0 Å². The Kier molecular flexibility index (Phi) is 4.18. The first-order chi connectivity index (χ1) is 11.4. The van der Waals surface area contributed by atoms with Crippen LogP contribution in [0.3, 0.4) is 0 Å². The zero-order valence-electron chi connectivity index (χ0n) is 12.5. The number of nitrogens with zero attached hydrogens (tertiary/aromatic N) is 3. The van der Waals surface area contributed by atoms with E-state index in [1.165, 1.54) is 18.3 Å². The summed E-state index contributed by atoms with van der Waals surface area (Å²) in [5.41, 5.74) is 1.36. The molecule has 3 rings (SSSR count). The number of aryl methyl sites for hydroxylation is 1. The lowest BCUT2D eigenvalue weighted by Gasteiger charge is -2.07. The van der Waals surface area contributed by atoms with Crippen molar-refractivity contribution in [3.8, 4) is 11.4 Å². The number of aromatic nitrogens is 3. The highest BCUT2D eigenvalue weighted by atomic mass is 35.5. The van der Waals surface area contributed by atoms with E-state index in [0.29, 0.717) is 10.7 Å². The van der Waals surface area contributed by atoms with Crippen molar-refractivity contribution in [2.24, 2.45) is 0 Å². The first kappa shape index (κ1) is 15.9. The van der Waals surface area contributed by atoms with Crippen molar-refractivity contribution in [2.45, 2.75) is 6.92 Å². The molecule has 1 aromatic heterocycles. The fourth-order valence-electron chi connectivity index (χ4n) is 2.08. The molecule has 0 spiro atoms. The number of anilines is 1. The molecule has 0 saturated carbocycles. The first-order valence-corrected chi connectivity index (χ1v) is 7.30. The summed E-state index contributed by atoms with van der Waals surface area (Å²) in [6.07, 6.45) is 1.27. The van der Waals surface area contributed by atoms with E-state index in [-0.39, 0.29) is 17.1 Å². The minimum atomic E-state index is -0.602. The molecule has 0 aliphatic rings. The quantitative estimate of drug-likeness (QED) is 0.762. The first-order valence-electron chi connectivity index (χ1n) is 6.93. The largest absolute Gasteiger partial charge is 0.508 e. The number of carbonyl (C=O) groups is 1. The van der Waals surface area contributed by atoms with Gasteiger partial charge in [-0.1, -0.05) is 22.9 Å². The zero-order chi connectivity index (χ0) is 17.3. The summed E-state index contributed by atoms with van der Waals surface area (Å²) in [5.74, 6) is -1.23. The van der Waals surface area contributed by atoms with Crippen molar-refractivity contribution in [3.05, 3.63) is 64.7 Å². The van der Waals surface area contributed by atoms with Crippen molar-refractivity contribution in [2.75, 3.05) is 5.32 Å². The highest BCUT2D eigenvalue weighted by Crippen LogP contribution is 2.21. The molecule has 122 valence electrons. The summed E-state index contributed by atoms with van der Waals surface area (Å²) in [6.45, 7) is 1.82. The molecule has 0 fully saturated rings. The van der Waals surface area contributed by atoms with Gasteiger partial charge in [0.2, 0.25) is 0 Å². The van der Waals surface area contributed by atoms with E-state index in [2.05, 4.69) is 15.6 Å². The van der Waals surface area contributed by atoms with Crippen LogP contribution in [0.4, 0.5) is 10.1 Å². The molecule has 0 aliphatic carbocycles. The number of phenolic OH excluding ortho intramolecular Hbond substituents is 1. The Morgan fingerprint density at radius 3 is 2.88 bits per heavy atom. The van der Waals surface area contributed by atoms with Gasteiger partial charge in [0.05, 0.1) is 6.20 Å². The predicted molar refractivity (Wildman–Crippen MR) is 87.1 cm³/mol. The van der Waals surface area contributed by atoms with E-state index in [1.807, 2.05) is 6.92 Å². The van der Waals surface area contributed by atoms with Gasteiger partial charge in [-0.3, -0.25) is 4.79 Å². The molecule has 3 aromatic rings. The highest BCUT2D eigenvalue weighted by Gasteiger charge is 2.15. The number of phenols is 1. The molecule has 0 aliphatic heterocycles. The number of hydrogen-bond donors (Lipinski definition) is 2. The number of aromatic hydroxyl groups is 1. The van der Waals surface area contributed by atoms with Crippen molar-refractivity contribution >= 4 is 23.2 Å². The number of hydrogen-bond acceptors (Lipinski definition) is 4. The highest BCUT2D eigenvalue weighted by molar-refractivity contribution is 6.31. The van der Waals surface area contributed by atoms with E-state index in [4.69, 9.17) is 11.6 Å². The maximum atomic E-state index is 13.8. The maximum Gasteiger partial charge on any atom is 0.277 e. The molecule has 24 heavy (non-hydrogen) atoms. The predicted octanol–water partition coefficient (Wildman–Crippen LogP) is 3.33. The summed E-state index contributed by atoms with van der Waals surface area (Å²) < 4.78 is 14.9. The molecule has 2 aromatic carbocycles. The van der Waals surface area contributed by atoms with Gasteiger partial charge in [-0.2, -0.15) is 0 Å². The second-order valence-electron chi connectivity index (χ2n) is 5.10. The molecule has 0 bridgehead atoms. The number of amides is 1. The standard InChI is InChI=1S/C16H12ClFN4O2/c1-9-2-3-10(17)6-13(9)19-16(24)14-8-22(21-20-14)15-7-11(23)4-5-12(15)18/h2-8,23H,1H3,(H,19,24). The molecule has 0 saturated heterocycles. The Labute approximate surface area is 141 Å². The Bertz CT molecular complexity index is 926. The SMILES string of the molecule is Cc1ccc(Cl)cc1NC(=O)c1cn(-c2cc(O)ccc2F)nn1. The average Bonchev–Trinajstić information content (AvgIpc) is 3.03. The van der Waals surface area contributed by atoms with Gasteiger partial charge in [0, 0.05) is 16.8 Å². The van der Waals surface area contributed by atoms with Crippen LogP contribution in [0.5, 0.6) is 5.75 Å². The van der Waals surface area contributed by atoms with Crippen molar-refractivity contribution < 1.29 is 14.3 Å². The van der Waals surface area contributed by atoms with Crippen LogP contribution >= 0.6 is 11.6 Å². The second-order valence-corrected chi connectivity index (χ2v) is 5.53. The molecular formula is C16H12ClFN4O2. The third kappa shape index (κ3) is 3.21. The summed E-state index contributed by atoms with van der Waals surface area (Å²) in [4.78, 5) is 12.3.